The van der Waals surface area contributed by atoms with Crippen LogP contribution in [-0.2, 0) is 11.2 Å². The molecule has 0 unspecified atom stereocenters. The fourth-order valence-electron chi connectivity index (χ4n) is 3.34. The Labute approximate surface area is 143 Å². The van der Waals surface area contributed by atoms with Gasteiger partial charge in [0.2, 0.25) is 0 Å². The van der Waals surface area contributed by atoms with Crippen molar-refractivity contribution in [3.05, 3.63) is 22.5 Å². The molecular formula is C18H29N3O3. The van der Waals surface area contributed by atoms with E-state index in [1.54, 1.807) is 6.92 Å². The Hall–Kier alpha value is -1.82. The molecule has 0 aromatic carbocycles. The largest absolute Gasteiger partial charge is 0.465 e. The average Bonchev–Trinajstić information content (AvgIpc) is 2.90. The first-order valence-electron chi connectivity index (χ1n) is 8.74. The summed E-state index contributed by atoms with van der Waals surface area (Å²) in [4.78, 5) is 30.0. The molecule has 2 N–H and O–H groups in total. The third kappa shape index (κ3) is 4.17. The lowest BCUT2D eigenvalue weighted by Crippen LogP contribution is -2.37. The van der Waals surface area contributed by atoms with Crippen LogP contribution in [0.5, 0.6) is 0 Å². The van der Waals surface area contributed by atoms with Gasteiger partial charge in [-0.3, -0.25) is 4.79 Å². The summed E-state index contributed by atoms with van der Waals surface area (Å²) in [5, 5.41) is 3.04. The molecule has 1 aromatic rings. The van der Waals surface area contributed by atoms with E-state index in [1.165, 1.54) is 7.11 Å². The molecular weight excluding hydrogens is 306 g/mol. The molecule has 134 valence electrons. The molecule has 6 heteroatoms. The quantitative estimate of drug-likeness (QED) is 0.781. The first kappa shape index (κ1) is 18.5. The smallest absolute Gasteiger partial charge is 0.339 e. The molecule has 0 atom stereocenters. The van der Waals surface area contributed by atoms with Crippen LogP contribution in [-0.4, -0.2) is 55.6 Å². The van der Waals surface area contributed by atoms with E-state index < -0.39 is 0 Å². The van der Waals surface area contributed by atoms with Crippen LogP contribution in [0.1, 0.15) is 58.3 Å². The molecule has 1 fully saturated rings. The van der Waals surface area contributed by atoms with Crippen molar-refractivity contribution in [3.63, 3.8) is 0 Å². The number of nitrogens with one attached hydrogen (secondary N) is 2. The Morgan fingerprint density at radius 3 is 2.58 bits per heavy atom. The van der Waals surface area contributed by atoms with Crippen LogP contribution < -0.4 is 5.32 Å². The fourth-order valence-corrected chi connectivity index (χ4v) is 3.34. The Bertz CT molecular complexity index is 587. The van der Waals surface area contributed by atoms with Gasteiger partial charge in [-0.25, -0.2) is 4.79 Å². The molecule has 1 saturated heterocycles. The molecule has 6 nitrogen and oxygen atoms in total. The number of esters is 1. The standard InChI is InChI=1S/C18H29N3O3/c1-5-6-14-15(18(23)24-4)12(2)20-16(14)17(22)19-11-13-7-9-21(3)10-8-13/h13,20H,5-11H2,1-4H3,(H,19,22). The van der Waals surface area contributed by atoms with E-state index in [0.717, 1.165) is 37.9 Å². The summed E-state index contributed by atoms with van der Waals surface area (Å²) in [6.07, 6.45) is 3.74. The number of aryl methyl sites for hydroxylation is 1. The number of nitrogens with zero attached hydrogens (tertiary/aromatic N) is 1. The number of rotatable bonds is 6. The lowest BCUT2D eigenvalue weighted by molar-refractivity contribution is 0.0599. The van der Waals surface area contributed by atoms with Gasteiger partial charge in [-0.15, -0.1) is 0 Å². The molecule has 1 aliphatic rings. The van der Waals surface area contributed by atoms with Gasteiger partial charge in [0, 0.05) is 12.2 Å². The number of carbonyl (C=O) groups excluding carboxylic acids is 2. The Morgan fingerprint density at radius 2 is 2.00 bits per heavy atom. The van der Waals surface area contributed by atoms with E-state index >= 15 is 0 Å². The van der Waals surface area contributed by atoms with Crippen molar-refractivity contribution in [2.24, 2.45) is 5.92 Å². The van der Waals surface area contributed by atoms with Crippen molar-refractivity contribution < 1.29 is 14.3 Å². The number of carbonyl (C=O) groups is 2. The summed E-state index contributed by atoms with van der Waals surface area (Å²) in [5.74, 6) is 0.00751. The molecule has 2 rings (SSSR count). The zero-order valence-corrected chi connectivity index (χ0v) is 15.2. The zero-order chi connectivity index (χ0) is 17.7. The first-order chi connectivity index (χ1) is 11.5. The second-order valence-corrected chi connectivity index (χ2v) is 6.68. The predicted molar refractivity (Wildman–Crippen MR) is 93.4 cm³/mol. The lowest BCUT2D eigenvalue weighted by Gasteiger charge is -2.28. The maximum atomic E-state index is 12.6. The van der Waals surface area contributed by atoms with Gasteiger partial charge in [-0.05, 0) is 57.8 Å². The fraction of sp³-hybridized carbons (Fsp3) is 0.667. The molecule has 0 spiro atoms. The number of H-pyrrole nitrogens is 1. The minimum Gasteiger partial charge on any atom is -0.465 e. The number of hydrogen-bond donors (Lipinski definition) is 2. The molecule has 0 aliphatic carbocycles. The van der Waals surface area contributed by atoms with Gasteiger partial charge in [-0.1, -0.05) is 13.3 Å². The van der Waals surface area contributed by atoms with Crippen LogP contribution in [0, 0.1) is 12.8 Å². The van der Waals surface area contributed by atoms with Gasteiger partial charge in [0.25, 0.3) is 5.91 Å². The van der Waals surface area contributed by atoms with Crippen LogP contribution >= 0.6 is 0 Å². The lowest BCUT2D eigenvalue weighted by atomic mass is 9.97. The number of aromatic amines is 1. The highest BCUT2D eigenvalue weighted by Gasteiger charge is 2.25. The van der Waals surface area contributed by atoms with Gasteiger partial charge in [0.15, 0.2) is 0 Å². The normalized spacial score (nSPS) is 16.2. The molecule has 0 bridgehead atoms. The van der Waals surface area contributed by atoms with Crippen molar-refractivity contribution in [2.45, 2.75) is 39.5 Å². The van der Waals surface area contributed by atoms with Crippen LogP contribution in [0.15, 0.2) is 0 Å². The van der Waals surface area contributed by atoms with Gasteiger partial charge < -0.3 is 19.9 Å². The molecule has 0 radical (unpaired) electrons. The zero-order valence-electron chi connectivity index (χ0n) is 15.2. The number of methoxy groups -OCH3 is 1. The van der Waals surface area contributed by atoms with Crippen LogP contribution in [0.25, 0.3) is 0 Å². The van der Waals surface area contributed by atoms with Crippen LogP contribution in [0.2, 0.25) is 0 Å². The van der Waals surface area contributed by atoms with Crippen molar-refractivity contribution in [2.75, 3.05) is 33.8 Å². The second-order valence-electron chi connectivity index (χ2n) is 6.68. The van der Waals surface area contributed by atoms with Crippen molar-refractivity contribution in [1.82, 2.24) is 15.2 Å². The van der Waals surface area contributed by atoms with Gasteiger partial charge in [0.1, 0.15) is 5.69 Å². The maximum Gasteiger partial charge on any atom is 0.339 e. The van der Waals surface area contributed by atoms with Gasteiger partial charge >= 0.3 is 5.97 Å². The molecule has 24 heavy (non-hydrogen) atoms. The number of aromatic nitrogens is 1. The molecule has 0 saturated carbocycles. The molecule has 2 heterocycles. The van der Waals surface area contributed by atoms with Crippen molar-refractivity contribution in [1.29, 1.82) is 0 Å². The SMILES string of the molecule is CCCc1c(C(=O)NCC2CCN(C)CC2)[nH]c(C)c1C(=O)OC. The van der Waals surface area contributed by atoms with E-state index in [2.05, 4.69) is 22.2 Å². The molecule has 1 aromatic heterocycles. The summed E-state index contributed by atoms with van der Waals surface area (Å²) < 4.78 is 4.87. The van der Waals surface area contributed by atoms with Crippen LogP contribution in [0.4, 0.5) is 0 Å². The first-order valence-corrected chi connectivity index (χ1v) is 8.74. The van der Waals surface area contributed by atoms with E-state index in [9.17, 15) is 9.59 Å². The minimum atomic E-state index is -0.387. The van der Waals surface area contributed by atoms with Crippen molar-refractivity contribution in [3.8, 4) is 0 Å². The van der Waals surface area contributed by atoms with E-state index in [1.807, 2.05) is 6.92 Å². The molecule has 1 amide bonds. The van der Waals surface area contributed by atoms with E-state index in [0.29, 0.717) is 35.8 Å². The number of ether oxygens (including phenoxy) is 1. The number of likely N-dealkylation sites (tertiary alicyclic amines) is 1. The highest BCUT2D eigenvalue weighted by atomic mass is 16.5. The molecule has 1 aliphatic heterocycles. The Kier molecular flexibility index (Phi) is 6.43. The second kappa shape index (κ2) is 8.33. The van der Waals surface area contributed by atoms with Gasteiger partial charge in [-0.2, -0.15) is 0 Å². The minimum absolute atomic E-state index is 0.129. The third-order valence-electron chi connectivity index (χ3n) is 4.80. The average molecular weight is 335 g/mol. The summed E-state index contributed by atoms with van der Waals surface area (Å²) in [6.45, 7) is 6.68. The Morgan fingerprint density at radius 1 is 1.33 bits per heavy atom. The summed E-state index contributed by atoms with van der Waals surface area (Å²) in [6, 6.07) is 0. The number of amides is 1. The highest BCUT2D eigenvalue weighted by molar-refractivity contribution is 6.00. The highest BCUT2D eigenvalue weighted by Crippen LogP contribution is 2.22. The maximum absolute atomic E-state index is 12.6. The summed E-state index contributed by atoms with van der Waals surface area (Å²) in [7, 11) is 3.49. The number of hydrogen-bond acceptors (Lipinski definition) is 4. The number of piperidine rings is 1. The van der Waals surface area contributed by atoms with Crippen LogP contribution in [0.3, 0.4) is 0 Å². The van der Waals surface area contributed by atoms with E-state index in [-0.39, 0.29) is 11.9 Å². The Balaban J connectivity index is 2.09. The summed E-state index contributed by atoms with van der Waals surface area (Å²) in [5.41, 5.74) is 2.46. The topological polar surface area (TPSA) is 74.4 Å². The van der Waals surface area contributed by atoms with Crippen molar-refractivity contribution >= 4 is 11.9 Å². The summed E-state index contributed by atoms with van der Waals surface area (Å²) >= 11 is 0. The third-order valence-corrected chi connectivity index (χ3v) is 4.80. The predicted octanol–water partition coefficient (Wildman–Crippen LogP) is 2.13. The van der Waals surface area contributed by atoms with E-state index in [4.69, 9.17) is 4.74 Å². The van der Waals surface area contributed by atoms with Gasteiger partial charge in [0.05, 0.1) is 12.7 Å². The monoisotopic (exact) mass is 335 g/mol.